The molecule has 0 bridgehead atoms. The SMILES string of the molecule is CC(=O)c1c(C)[nH]c(C(=O)C(C)OC(=O)CCc2ccc3ccccc3n2)c1C. The predicted octanol–water partition coefficient (Wildman–Crippen LogP) is 4.13. The number of Topliss-reactive ketones (excluding diaryl/α,β-unsaturated/α-hetero) is 2. The zero-order valence-corrected chi connectivity index (χ0v) is 17.0. The fourth-order valence-corrected chi connectivity index (χ4v) is 3.51. The van der Waals surface area contributed by atoms with E-state index >= 15 is 0 Å². The summed E-state index contributed by atoms with van der Waals surface area (Å²) in [5.74, 6) is -0.924. The Balaban J connectivity index is 1.62. The molecule has 0 aliphatic carbocycles. The maximum Gasteiger partial charge on any atom is 0.306 e. The molecule has 3 aromatic rings. The number of aromatic nitrogens is 2. The van der Waals surface area contributed by atoms with Gasteiger partial charge in [0.15, 0.2) is 11.9 Å². The normalized spacial score (nSPS) is 12.0. The van der Waals surface area contributed by atoms with Gasteiger partial charge in [-0.05, 0) is 45.4 Å². The molecule has 0 spiro atoms. The van der Waals surface area contributed by atoms with Crippen LogP contribution in [0.1, 0.15) is 58.1 Å². The monoisotopic (exact) mass is 392 g/mol. The van der Waals surface area contributed by atoms with Crippen LogP contribution in [0.5, 0.6) is 0 Å². The van der Waals surface area contributed by atoms with Crippen molar-refractivity contribution in [3.63, 3.8) is 0 Å². The highest BCUT2D eigenvalue weighted by molar-refractivity contribution is 6.05. The lowest BCUT2D eigenvalue weighted by molar-refractivity contribution is -0.146. The lowest BCUT2D eigenvalue weighted by Gasteiger charge is -2.12. The molecule has 0 fully saturated rings. The van der Waals surface area contributed by atoms with Gasteiger partial charge in [-0.3, -0.25) is 19.4 Å². The molecular formula is C23H24N2O4. The van der Waals surface area contributed by atoms with Crippen molar-refractivity contribution in [3.05, 3.63) is 64.6 Å². The number of carbonyl (C=O) groups is 3. The van der Waals surface area contributed by atoms with Gasteiger partial charge < -0.3 is 9.72 Å². The Hall–Kier alpha value is -3.28. The molecule has 0 saturated heterocycles. The average molecular weight is 392 g/mol. The third-order valence-corrected chi connectivity index (χ3v) is 4.95. The molecule has 1 aromatic carbocycles. The van der Waals surface area contributed by atoms with E-state index < -0.39 is 12.1 Å². The number of ketones is 2. The number of para-hydroxylation sites is 1. The number of ether oxygens (including phenoxy) is 1. The van der Waals surface area contributed by atoms with Crippen molar-refractivity contribution in [2.45, 2.75) is 46.6 Å². The molecular weight excluding hydrogens is 368 g/mol. The predicted molar refractivity (Wildman–Crippen MR) is 110 cm³/mol. The number of nitrogens with one attached hydrogen (secondary N) is 1. The van der Waals surface area contributed by atoms with Crippen molar-refractivity contribution in [3.8, 4) is 0 Å². The van der Waals surface area contributed by atoms with Crippen molar-refractivity contribution in [2.24, 2.45) is 0 Å². The van der Waals surface area contributed by atoms with Crippen LogP contribution in [-0.4, -0.2) is 33.6 Å². The van der Waals surface area contributed by atoms with E-state index in [1.54, 1.807) is 13.8 Å². The quantitative estimate of drug-likeness (QED) is 0.482. The van der Waals surface area contributed by atoms with Gasteiger partial charge in [0, 0.05) is 28.8 Å². The molecule has 6 nitrogen and oxygen atoms in total. The largest absolute Gasteiger partial charge is 0.454 e. The van der Waals surface area contributed by atoms with Crippen molar-refractivity contribution in [1.29, 1.82) is 0 Å². The number of rotatable bonds is 7. The standard InChI is InChI=1S/C23H24N2O4/c1-13-21(15(3)26)14(2)24-22(13)23(28)16(4)29-20(27)12-11-18-10-9-17-7-5-6-8-19(17)25-18/h5-10,16,24H,11-12H2,1-4H3. The minimum absolute atomic E-state index is 0.108. The topological polar surface area (TPSA) is 89.1 Å². The van der Waals surface area contributed by atoms with Gasteiger partial charge >= 0.3 is 5.97 Å². The first-order chi connectivity index (χ1) is 13.8. The minimum Gasteiger partial charge on any atom is -0.454 e. The lowest BCUT2D eigenvalue weighted by Crippen LogP contribution is -2.25. The Morgan fingerprint density at radius 3 is 2.52 bits per heavy atom. The molecule has 29 heavy (non-hydrogen) atoms. The molecule has 0 aliphatic rings. The van der Waals surface area contributed by atoms with E-state index in [4.69, 9.17) is 4.74 Å². The highest BCUT2D eigenvalue weighted by Crippen LogP contribution is 2.20. The van der Waals surface area contributed by atoms with Crippen LogP contribution >= 0.6 is 0 Å². The Morgan fingerprint density at radius 2 is 1.83 bits per heavy atom. The fourth-order valence-electron chi connectivity index (χ4n) is 3.51. The summed E-state index contributed by atoms with van der Waals surface area (Å²) in [6, 6.07) is 11.6. The number of H-pyrrole nitrogens is 1. The Labute approximate surface area is 169 Å². The van der Waals surface area contributed by atoms with Crippen molar-refractivity contribution < 1.29 is 19.1 Å². The molecule has 1 atom stereocenters. The van der Waals surface area contributed by atoms with E-state index in [1.165, 1.54) is 13.8 Å². The van der Waals surface area contributed by atoms with Gasteiger partial charge in [0.1, 0.15) is 0 Å². The van der Waals surface area contributed by atoms with Crippen LogP contribution in [0.25, 0.3) is 10.9 Å². The van der Waals surface area contributed by atoms with Crippen LogP contribution in [0.2, 0.25) is 0 Å². The third-order valence-electron chi connectivity index (χ3n) is 4.95. The number of fused-ring (bicyclic) bond motifs is 1. The summed E-state index contributed by atoms with van der Waals surface area (Å²) < 4.78 is 5.32. The molecule has 0 aliphatic heterocycles. The van der Waals surface area contributed by atoms with E-state index in [0.717, 1.165) is 16.6 Å². The van der Waals surface area contributed by atoms with Crippen LogP contribution in [0.15, 0.2) is 36.4 Å². The van der Waals surface area contributed by atoms with Gasteiger partial charge in [-0.15, -0.1) is 0 Å². The van der Waals surface area contributed by atoms with E-state index in [-0.39, 0.29) is 18.0 Å². The molecule has 3 rings (SSSR count). The van der Waals surface area contributed by atoms with Crippen LogP contribution in [-0.2, 0) is 16.0 Å². The van der Waals surface area contributed by atoms with E-state index in [1.807, 2.05) is 36.4 Å². The van der Waals surface area contributed by atoms with E-state index in [0.29, 0.717) is 28.9 Å². The Morgan fingerprint density at radius 1 is 1.10 bits per heavy atom. The molecule has 1 N–H and O–H groups in total. The van der Waals surface area contributed by atoms with Crippen molar-refractivity contribution >= 4 is 28.4 Å². The number of hydrogen-bond donors (Lipinski definition) is 1. The second-order valence-corrected chi connectivity index (χ2v) is 7.17. The maximum atomic E-state index is 12.7. The summed E-state index contributed by atoms with van der Waals surface area (Å²) in [6.07, 6.45) is -0.381. The Bertz CT molecular complexity index is 1100. The number of carbonyl (C=O) groups excluding carboxylic acids is 3. The lowest BCUT2D eigenvalue weighted by atomic mass is 10.0. The van der Waals surface area contributed by atoms with Gasteiger partial charge in [-0.1, -0.05) is 24.3 Å². The summed E-state index contributed by atoms with van der Waals surface area (Å²) in [5, 5.41) is 1.04. The second kappa shape index (κ2) is 8.39. The number of nitrogens with zero attached hydrogens (tertiary/aromatic N) is 1. The van der Waals surface area contributed by atoms with Crippen molar-refractivity contribution in [1.82, 2.24) is 9.97 Å². The molecule has 0 radical (unpaired) electrons. The van der Waals surface area contributed by atoms with Crippen LogP contribution in [0, 0.1) is 13.8 Å². The molecule has 150 valence electrons. The first-order valence-corrected chi connectivity index (χ1v) is 9.56. The second-order valence-electron chi connectivity index (χ2n) is 7.17. The zero-order valence-electron chi connectivity index (χ0n) is 17.0. The summed E-state index contributed by atoms with van der Waals surface area (Å²) in [5.41, 5.74) is 3.71. The molecule has 1 unspecified atom stereocenters. The van der Waals surface area contributed by atoms with Gasteiger partial charge in [-0.2, -0.15) is 0 Å². The summed E-state index contributed by atoms with van der Waals surface area (Å²) in [6.45, 7) is 6.46. The third kappa shape index (κ3) is 4.42. The van der Waals surface area contributed by atoms with Crippen LogP contribution in [0.3, 0.4) is 0 Å². The number of aryl methyl sites for hydroxylation is 2. The smallest absolute Gasteiger partial charge is 0.306 e. The average Bonchev–Trinajstić information content (AvgIpc) is 2.99. The number of aromatic amines is 1. The first kappa shape index (κ1) is 20.5. The number of pyridine rings is 1. The van der Waals surface area contributed by atoms with Crippen LogP contribution in [0.4, 0.5) is 0 Å². The van der Waals surface area contributed by atoms with Crippen LogP contribution < -0.4 is 0 Å². The molecule has 6 heteroatoms. The summed E-state index contributed by atoms with van der Waals surface area (Å²) in [4.78, 5) is 44.1. The minimum atomic E-state index is -0.941. The van der Waals surface area contributed by atoms with Gasteiger partial charge in [-0.25, -0.2) is 0 Å². The number of benzene rings is 1. The van der Waals surface area contributed by atoms with Gasteiger partial charge in [0.2, 0.25) is 5.78 Å². The molecule has 0 saturated carbocycles. The zero-order chi connectivity index (χ0) is 21.1. The molecule has 2 aromatic heterocycles. The highest BCUT2D eigenvalue weighted by Gasteiger charge is 2.25. The summed E-state index contributed by atoms with van der Waals surface area (Å²) in [7, 11) is 0. The van der Waals surface area contributed by atoms with E-state index in [2.05, 4.69) is 9.97 Å². The number of esters is 1. The Kier molecular flexibility index (Phi) is 5.92. The maximum absolute atomic E-state index is 12.7. The van der Waals surface area contributed by atoms with E-state index in [9.17, 15) is 14.4 Å². The highest BCUT2D eigenvalue weighted by atomic mass is 16.5. The molecule has 0 amide bonds. The van der Waals surface area contributed by atoms with Crippen molar-refractivity contribution in [2.75, 3.05) is 0 Å². The molecule has 2 heterocycles. The first-order valence-electron chi connectivity index (χ1n) is 9.56. The fraction of sp³-hybridized carbons (Fsp3) is 0.304. The number of hydrogen-bond acceptors (Lipinski definition) is 5. The summed E-state index contributed by atoms with van der Waals surface area (Å²) >= 11 is 0. The van der Waals surface area contributed by atoms with Gasteiger partial charge in [0.25, 0.3) is 0 Å². The van der Waals surface area contributed by atoms with Gasteiger partial charge in [0.05, 0.1) is 17.6 Å².